The van der Waals surface area contributed by atoms with Crippen LogP contribution in [0.25, 0.3) is 0 Å². The van der Waals surface area contributed by atoms with Gasteiger partial charge < -0.3 is 10.1 Å². The van der Waals surface area contributed by atoms with E-state index >= 15 is 0 Å². The first-order valence-electron chi connectivity index (χ1n) is 5.22. The van der Waals surface area contributed by atoms with Crippen molar-refractivity contribution >= 4 is 11.9 Å². The number of carbonyl (C=O) groups is 2. The van der Waals surface area contributed by atoms with Crippen LogP contribution < -0.4 is 5.32 Å². The maximum absolute atomic E-state index is 12.8. The fraction of sp³-hybridized carbons (Fsp3) is 0.333. The van der Waals surface area contributed by atoms with E-state index in [1.807, 2.05) is 0 Å². The van der Waals surface area contributed by atoms with Crippen LogP contribution in [0.2, 0.25) is 0 Å². The highest BCUT2D eigenvalue weighted by atomic mass is 19.1. The molecule has 0 aliphatic rings. The summed E-state index contributed by atoms with van der Waals surface area (Å²) in [5.74, 6) is -0.984. The average Bonchev–Trinajstić information content (AvgIpc) is 2.24. The molecule has 0 saturated heterocycles. The maximum Gasteiger partial charge on any atom is 0.302 e. The van der Waals surface area contributed by atoms with Crippen molar-refractivity contribution in [2.24, 2.45) is 0 Å². The molecule has 0 radical (unpaired) electrons. The summed E-state index contributed by atoms with van der Waals surface area (Å²) in [6.45, 7) is 1.70. The van der Waals surface area contributed by atoms with Crippen LogP contribution in [0.4, 0.5) is 4.39 Å². The van der Waals surface area contributed by atoms with Gasteiger partial charge in [-0.3, -0.25) is 9.59 Å². The van der Waals surface area contributed by atoms with E-state index in [0.29, 0.717) is 5.56 Å². The Morgan fingerprint density at radius 2 is 2.18 bits per heavy atom. The van der Waals surface area contributed by atoms with Gasteiger partial charge in [-0.25, -0.2) is 4.39 Å². The van der Waals surface area contributed by atoms with Crippen molar-refractivity contribution in [2.45, 2.75) is 13.3 Å². The lowest BCUT2D eigenvalue weighted by Gasteiger charge is -2.05. The Morgan fingerprint density at radius 1 is 1.41 bits per heavy atom. The Hall–Kier alpha value is -1.91. The summed E-state index contributed by atoms with van der Waals surface area (Å²) in [4.78, 5) is 21.8. The molecule has 0 aliphatic heterocycles. The van der Waals surface area contributed by atoms with Gasteiger partial charge in [0.15, 0.2) is 0 Å². The van der Waals surface area contributed by atoms with Gasteiger partial charge in [0.2, 0.25) is 5.91 Å². The average molecular weight is 239 g/mol. The van der Waals surface area contributed by atoms with Gasteiger partial charge in [-0.05, 0) is 17.7 Å². The third-order valence-electron chi connectivity index (χ3n) is 1.98. The minimum atomic E-state index is -0.385. The molecule has 1 aromatic carbocycles. The molecule has 0 aliphatic carbocycles. The van der Waals surface area contributed by atoms with Gasteiger partial charge in [-0.2, -0.15) is 0 Å². The molecule has 0 bridgehead atoms. The van der Waals surface area contributed by atoms with Crippen LogP contribution in [-0.4, -0.2) is 25.0 Å². The zero-order valence-corrected chi connectivity index (χ0v) is 9.53. The summed E-state index contributed by atoms with van der Waals surface area (Å²) in [7, 11) is 0. The van der Waals surface area contributed by atoms with Crippen molar-refractivity contribution in [2.75, 3.05) is 13.2 Å². The van der Waals surface area contributed by atoms with Crippen molar-refractivity contribution in [1.29, 1.82) is 0 Å². The smallest absolute Gasteiger partial charge is 0.302 e. The SMILES string of the molecule is CC(=O)OCCNC(=O)Cc1cccc(F)c1. The molecule has 0 unspecified atom stereocenters. The third kappa shape index (κ3) is 5.65. The van der Waals surface area contributed by atoms with E-state index in [1.54, 1.807) is 12.1 Å². The Labute approximate surface area is 98.8 Å². The predicted octanol–water partition coefficient (Wildman–Crippen LogP) is 1.05. The highest BCUT2D eigenvalue weighted by Crippen LogP contribution is 2.03. The predicted molar refractivity (Wildman–Crippen MR) is 59.7 cm³/mol. The zero-order chi connectivity index (χ0) is 12.7. The topological polar surface area (TPSA) is 55.4 Å². The standard InChI is InChI=1S/C12H14FNO3/c1-9(15)17-6-5-14-12(16)8-10-3-2-4-11(13)7-10/h2-4,7H,5-6,8H2,1H3,(H,14,16). The number of carbonyl (C=O) groups excluding carboxylic acids is 2. The van der Waals surface area contributed by atoms with Gasteiger partial charge >= 0.3 is 5.97 Å². The fourth-order valence-electron chi connectivity index (χ4n) is 1.28. The number of halogens is 1. The van der Waals surface area contributed by atoms with Crippen LogP contribution >= 0.6 is 0 Å². The molecule has 1 aromatic rings. The zero-order valence-electron chi connectivity index (χ0n) is 9.53. The number of hydrogen-bond donors (Lipinski definition) is 1. The second kappa shape index (κ2) is 6.62. The molecule has 92 valence electrons. The van der Waals surface area contributed by atoms with Crippen LogP contribution in [0, 0.1) is 5.82 Å². The lowest BCUT2D eigenvalue weighted by molar-refractivity contribution is -0.141. The minimum Gasteiger partial charge on any atom is -0.464 e. The molecule has 5 heteroatoms. The van der Waals surface area contributed by atoms with Crippen LogP contribution in [0.15, 0.2) is 24.3 Å². The number of nitrogens with one attached hydrogen (secondary N) is 1. The molecule has 4 nitrogen and oxygen atoms in total. The number of ether oxygens (including phenoxy) is 1. The Kier molecular flexibility index (Phi) is 5.13. The number of benzene rings is 1. The molecule has 0 spiro atoms. The van der Waals surface area contributed by atoms with Crippen molar-refractivity contribution in [1.82, 2.24) is 5.32 Å². The number of hydrogen-bond acceptors (Lipinski definition) is 3. The van der Waals surface area contributed by atoms with Gasteiger partial charge in [-0.1, -0.05) is 12.1 Å². The van der Waals surface area contributed by atoms with Crippen molar-refractivity contribution in [3.05, 3.63) is 35.6 Å². The number of amides is 1. The van der Waals surface area contributed by atoms with Crippen molar-refractivity contribution in [3.8, 4) is 0 Å². The molecular weight excluding hydrogens is 225 g/mol. The monoisotopic (exact) mass is 239 g/mol. The molecule has 1 rings (SSSR count). The third-order valence-corrected chi connectivity index (χ3v) is 1.98. The molecule has 0 heterocycles. The molecule has 0 aromatic heterocycles. The van der Waals surface area contributed by atoms with E-state index in [9.17, 15) is 14.0 Å². The second-order valence-corrected chi connectivity index (χ2v) is 3.50. The molecule has 0 atom stereocenters. The molecule has 1 N–H and O–H groups in total. The normalized spacial score (nSPS) is 9.76. The molecule has 17 heavy (non-hydrogen) atoms. The molecule has 0 fully saturated rings. The highest BCUT2D eigenvalue weighted by Gasteiger charge is 2.03. The van der Waals surface area contributed by atoms with Gasteiger partial charge in [0.1, 0.15) is 12.4 Å². The fourth-order valence-corrected chi connectivity index (χ4v) is 1.28. The lowest BCUT2D eigenvalue weighted by Crippen LogP contribution is -2.29. The van der Waals surface area contributed by atoms with Crippen LogP contribution in [0.5, 0.6) is 0 Å². The maximum atomic E-state index is 12.8. The first kappa shape index (κ1) is 13.2. The van der Waals surface area contributed by atoms with E-state index in [-0.39, 0.29) is 37.3 Å². The van der Waals surface area contributed by atoms with Crippen LogP contribution in [0.3, 0.4) is 0 Å². The first-order valence-corrected chi connectivity index (χ1v) is 5.22. The summed E-state index contributed by atoms with van der Waals surface area (Å²) in [6.07, 6.45) is 0.109. The molecule has 0 saturated carbocycles. The van der Waals surface area contributed by atoms with E-state index < -0.39 is 0 Å². The summed E-state index contributed by atoms with van der Waals surface area (Å²) in [5.41, 5.74) is 0.606. The Bertz CT molecular complexity index is 406. The number of esters is 1. The van der Waals surface area contributed by atoms with E-state index in [4.69, 9.17) is 0 Å². The second-order valence-electron chi connectivity index (χ2n) is 3.50. The van der Waals surface area contributed by atoms with Crippen LogP contribution in [0.1, 0.15) is 12.5 Å². The Balaban J connectivity index is 2.27. The van der Waals surface area contributed by atoms with Gasteiger partial charge in [-0.15, -0.1) is 0 Å². The summed E-state index contributed by atoms with van der Waals surface area (Å²) in [6, 6.07) is 5.86. The van der Waals surface area contributed by atoms with Gasteiger partial charge in [0, 0.05) is 6.92 Å². The van der Waals surface area contributed by atoms with E-state index in [0.717, 1.165) is 0 Å². The summed E-state index contributed by atoms with van der Waals surface area (Å²) >= 11 is 0. The first-order chi connectivity index (χ1) is 8.08. The summed E-state index contributed by atoms with van der Waals surface area (Å²) in [5, 5.41) is 2.57. The number of rotatable bonds is 5. The van der Waals surface area contributed by atoms with E-state index in [2.05, 4.69) is 10.1 Å². The lowest BCUT2D eigenvalue weighted by atomic mass is 10.1. The van der Waals surface area contributed by atoms with Crippen LogP contribution in [-0.2, 0) is 20.7 Å². The quantitative estimate of drug-likeness (QED) is 0.617. The van der Waals surface area contributed by atoms with E-state index in [1.165, 1.54) is 19.1 Å². The molecular formula is C12H14FNO3. The molecule has 1 amide bonds. The van der Waals surface area contributed by atoms with Gasteiger partial charge in [0.25, 0.3) is 0 Å². The minimum absolute atomic E-state index is 0.109. The van der Waals surface area contributed by atoms with Crippen molar-refractivity contribution in [3.63, 3.8) is 0 Å². The summed E-state index contributed by atoms with van der Waals surface area (Å²) < 4.78 is 17.5. The van der Waals surface area contributed by atoms with Gasteiger partial charge in [0.05, 0.1) is 13.0 Å². The highest BCUT2D eigenvalue weighted by molar-refractivity contribution is 5.78. The Morgan fingerprint density at radius 3 is 2.82 bits per heavy atom. The van der Waals surface area contributed by atoms with Crippen molar-refractivity contribution < 1.29 is 18.7 Å². The largest absolute Gasteiger partial charge is 0.464 e.